The van der Waals surface area contributed by atoms with Gasteiger partial charge < -0.3 is 10.2 Å². The molecule has 0 aliphatic rings. The Morgan fingerprint density at radius 2 is 2.17 bits per heavy atom. The second kappa shape index (κ2) is 3.36. The van der Waals surface area contributed by atoms with Gasteiger partial charge in [0.05, 0.1) is 0 Å². The largest absolute Gasteiger partial charge is 0.508 e. The highest BCUT2D eigenvalue weighted by atomic mass is 16.3. The minimum atomic E-state index is -0.496. The van der Waals surface area contributed by atoms with E-state index in [1.54, 1.807) is 13.0 Å². The average molecular weight is 166 g/mol. The zero-order chi connectivity index (χ0) is 9.14. The number of Topliss-reactive ketones (excluding diaryl/α,β-unsaturated/α-hetero) is 1. The fraction of sp³-hybridized carbons (Fsp3) is 0.222. The van der Waals surface area contributed by atoms with Crippen molar-refractivity contribution in [3.63, 3.8) is 0 Å². The molecule has 12 heavy (non-hydrogen) atoms. The van der Waals surface area contributed by atoms with Gasteiger partial charge in [-0.2, -0.15) is 0 Å². The number of rotatable bonds is 2. The maximum atomic E-state index is 10.9. The van der Waals surface area contributed by atoms with Crippen molar-refractivity contribution in [3.05, 3.63) is 29.3 Å². The van der Waals surface area contributed by atoms with Crippen LogP contribution in [0.1, 0.15) is 15.9 Å². The number of aliphatic hydroxyl groups is 1. The molecule has 0 saturated heterocycles. The van der Waals surface area contributed by atoms with Crippen molar-refractivity contribution in [1.29, 1.82) is 0 Å². The zero-order valence-corrected chi connectivity index (χ0v) is 6.74. The summed E-state index contributed by atoms with van der Waals surface area (Å²) in [4.78, 5) is 10.9. The van der Waals surface area contributed by atoms with Gasteiger partial charge in [-0.05, 0) is 30.7 Å². The molecule has 0 aromatic heterocycles. The maximum absolute atomic E-state index is 10.9. The standard InChI is InChI=1S/C9H10O3/c1-6-4-7(9(12)5-10)2-3-8(6)11/h2-4,10-11H,5H2,1H3. The lowest BCUT2D eigenvalue weighted by atomic mass is 10.1. The van der Waals surface area contributed by atoms with E-state index in [1.165, 1.54) is 12.1 Å². The summed E-state index contributed by atoms with van der Waals surface area (Å²) in [5.41, 5.74) is 1.06. The minimum absolute atomic E-state index is 0.157. The quantitative estimate of drug-likeness (QED) is 0.641. The number of aliphatic hydroxyl groups excluding tert-OH is 1. The first-order valence-corrected chi connectivity index (χ1v) is 3.59. The third-order valence-electron chi connectivity index (χ3n) is 1.66. The highest BCUT2D eigenvalue weighted by Crippen LogP contribution is 2.16. The summed E-state index contributed by atoms with van der Waals surface area (Å²) in [7, 11) is 0. The lowest BCUT2D eigenvalue weighted by Crippen LogP contribution is -2.03. The number of carbonyl (C=O) groups excluding carboxylic acids is 1. The predicted octanol–water partition coefficient (Wildman–Crippen LogP) is 0.876. The summed E-state index contributed by atoms with van der Waals surface area (Å²) in [6.07, 6.45) is 0. The Morgan fingerprint density at radius 3 is 2.67 bits per heavy atom. The summed E-state index contributed by atoms with van der Waals surface area (Å²) < 4.78 is 0. The van der Waals surface area contributed by atoms with Crippen LogP contribution in [0.2, 0.25) is 0 Å². The van der Waals surface area contributed by atoms with Gasteiger partial charge >= 0.3 is 0 Å². The van der Waals surface area contributed by atoms with Gasteiger partial charge in [0, 0.05) is 5.56 Å². The molecular weight excluding hydrogens is 156 g/mol. The number of ketones is 1. The van der Waals surface area contributed by atoms with Crippen LogP contribution in [0.5, 0.6) is 5.75 Å². The normalized spacial score (nSPS) is 9.83. The average Bonchev–Trinajstić information content (AvgIpc) is 2.08. The van der Waals surface area contributed by atoms with Gasteiger partial charge in [0.25, 0.3) is 0 Å². The molecule has 0 bridgehead atoms. The van der Waals surface area contributed by atoms with Crippen LogP contribution < -0.4 is 0 Å². The Morgan fingerprint density at radius 1 is 1.50 bits per heavy atom. The molecule has 0 aliphatic heterocycles. The van der Waals surface area contributed by atoms with E-state index in [1.807, 2.05) is 0 Å². The van der Waals surface area contributed by atoms with E-state index in [-0.39, 0.29) is 11.5 Å². The number of benzene rings is 1. The molecule has 64 valence electrons. The SMILES string of the molecule is Cc1cc(C(=O)CO)ccc1O. The molecule has 3 nitrogen and oxygen atoms in total. The van der Waals surface area contributed by atoms with Crippen LogP contribution in [0.25, 0.3) is 0 Å². The monoisotopic (exact) mass is 166 g/mol. The molecule has 3 heteroatoms. The Kier molecular flexibility index (Phi) is 2.45. The van der Waals surface area contributed by atoms with Gasteiger partial charge in [0.1, 0.15) is 12.4 Å². The maximum Gasteiger partial charge on any atom is 0.188 e. The van der Waals surface area contributed by atoms with E-state index in [2.05, 4.69) is 0 Å². The molecule has 0 unspecified atom stereocenters. The molecule has 0 spiro atoms. The van der Waals surface area contributed by atoms with Crippen LogP contribution in [0.4, 0.5) is 0 Å². The summed E-state index contributed by atoms with van der Waals surface area (Å²) in [6, 6.07) is 4.48. The van der Waals surface area contributed by atoms with Gasteiger partial charge in [0.15, 0.2) is 5.78 Å². The first kappa shape index (κ1) is 8.74. The van der Waals surface area contributed by atoms with Crippen molar-refractivity contribution in [2.24, 2.45) is 0 Å². The smallest absolute Gasteiger partial charge is 0.188 e. The minimum Gasteiger partial charge on any atom is -0.508 e. The number of phenols is 1. The lowest BCUT2D eigenvalue weighted by molar-refractivity contribution is 0.0903. The first-order valence-electron chi connectivity index (χ1n) is 3.59. The predicted molar refractivity (Wildman–Crippen MR) is 44.3 cm³/mol. The molecular formula is C9H10O3. The third-order valence-corrected chi connectivity index (χ3v) is 1.66. The molecule has 2 N–H and O–H groups in total. The molecule has 0 saturated carbocycles. The van der Waals surface area contributed by atoms with Crippen LogP contribution in [0, 0.1) is 6.92 Å². The second-order valence-corrected chi connectivity index (χ2v) is 2.58. The van der Waals surface area contributed by atoms with Crippen molar-refractivity contribution in [2.75, 3.05) is 6.61 Å². The van der Waals surface area contributed by atoms with Gasteiger partial charge in [-0.1, -0.05) is 0 Å². The Balaban J connectivity index is 3.05. The molecule has 1 aromatic carbocycles. The van der Waals surface area contributed by atoms with Crippen LogP contribution >= 0.6 is 0 Å². The van der Waals surface area contributed by atoms with Crippen molar-refractivity contribution >= 4 is 5.78 Å². The summed E-state index contributed by atoms with van der Waals surface area (Å²) in [5, 5.41) is 17.7. The highest BCUT2D eigenvalue weighted by molar-refractivity contribution is 5.97. The molecule has 1 aromatic rings. The van der Waals surface area contributed by atoms with Crippen LogP contribution in [0.3, 0.4) is 0 Å². The molecule has 1 rings (SSSR count). The van der Waals surface area contributed by atoms with E-state index in [4.69, 9.17) is 10.2 Å². The lowest BCUT2D eigenvalue weighted by Gasteiger charge is -2.00. The second-order valence-electron chi connectivity index (χ2n) is 2.58. The van der Waals surface area contributed by atoms with Gasteiger partial charge in [-0.25, -0.2) is 0 Å². The van der Waals surface area contributed by atoms with Crippen molar-refractivity contribution in [3.8, 4) is 5.75 Å². The van der Waals surface area contributed by atoms with Gasteiger partial charge in [0.2, 0.25) is 0 Å². The van der Waals surface area contributed by atoms with Crippen molar-refractivity contribution in [2.45, 2.75) is 6.92 Å². The van der Waals surface area contributed by atoms with E-state index in [9.17, 15) is 4.79 Å². The van der Waals surface area contributed by atoms with E-state index >= 15 is 0 Å². The van der Waals surface area contributed by atoms with Crippen molar-refractivity contribution < 1.29 is 15.0 Å². The fourth-order valence-corrected chi connectivity index (χ4v) is 0.920. The van der Waals surface area contributed by atoms with Crippen LogP contribution in [0.15, 0.2) is 18.2 Å². The topological polar surface area (TPSA) is 57.5 Å². The molecule has 0 atom stereocenters. The molecule has 0 fully saturated rings. The number of phenolic OH excluding ortho intramolecular Hbond substituents is 1. The number of aromatic hydroxyl groups is 1. The third kappa shape index (κ3) is 1.62. The van der Waals surface area contributed by atoms with Crippen LogP contribution in [-0.2, 0) is 0 Å². The van der Waals surface area contributed by atoms with Crippen LogP contribution in [-0.4, -0.2) is 22.6 Å². The summed E-state index contributed by atoms with van der Waals surface area (Å²) in [5.74, 6) is -0.178. The number of hydrogen-bond acceptors (Lipinski definition) is 3. The first-order chi connectivity index (χ1) is 5.65. The van der Waals surface area contributed by atoms with Gasteiger partial charge in [-0.3, -0.25) is 4.79 Å². The summed E-state index contributed by atoms with van der Waals surface area (Å²) >= 11 is 0. The molecule has 0 radical (unpaired) electrons. The number of aryl methyl sites for hydroxylation is 1. The fourth-order valence-electron chi connectivity index (χ4n) is 0.920. The summed E-state index contributed by atoms with van der Waals surface area (Å²) in [6.45, 7) is 1.20. The number of carbonyl (C=O) groups is 1. The Hall–Kier alpha value is -1.35. The molecule has 0 heterocycles. The van der Waals surface area contributed by atoms with E-state index in [0.717, 1.165) is 0 Å². The highest BCUT2D eigenvalue weighted by Gasteiger charge is 2.04. The zero-order valence-electron chi connectivity index (χ0n) is 6.74. The molecule has 0 aliphatic carbocycles. The van der Waals surface area contributed by atoms with Gasteiger partial charge in [-0.15, -0.1) is 0 Å². The Labute approximate surface area is 70.3 Å². The number of hydrogen-bond donors (Lipinski definition) is 2. The van der Waals surface area contributed by atoms with Crippen molar-refractivity contribution in [1.82, 2.24) is 0 Å². The van der Waals surface area contributed by atoms with E-state index in [0.29, 0.717) is 11.1 Å². The molecule has 0 amide bonds. The Bertz CT molecular complexity index is 305. The van der Waals surface area contributed by atoms with E-state index < -0.39 is 6.61 Å².